The summed E-state index contributed by atoms with van der Waals surface area (Å²) in [6, 6.07) is 3.66. The number of halogens is 1. The summed E-state index contributed by atoms with van der Waals surface area (Å²) in [7, 11) is 1.48. The van der Waals surface area contributed by atoms with Crippen molar-refractivity contribution in [2.45, 2.75) is 39.2 Å². The van der Waals surface area contributed by atoms with E-state index >= 15 is 0 Å². The Bertz CT molecular complexity index is 918. The van der Waals surface area contributed by atoms with Gasteiger partial charge < -0.3 is 14.8 Å². The summed E-state index contributed by atoms with van der Waals surface area (Å²) in [4.78, 5) is 52.0. The molecule has 32 heavy (non-hydrogen) atoms. The average Bonchev–Trinajstić information content (AvgIpc) is 3.01. The number of esters is 1. The number of amides is 3. The molecule has 1 saturated heterocycles. The lowest BCUT2D eigenvalue weighted by Gasteiger charge is -2.26. The molecular formula is C23H27ClN2O6. The molecule has 3 rings (SSSR count). The van der Waals surface area contributed by atoms with E-state index in [2.05, 4.69) is 5.32 Å². The lowest BCUT2D eigenvalue weighted by Crippen LogP contribution is -2.47. The Morgan fingerprint density at radius 2 is 1.78 bits per heavy atom. The van der Waals surface area contributed by atoms with Crippen molar-refractivity contribution < 1.29 is 28.7 Å². The van der Waals surface area contributed by atoms with Crippen LogP contribution in [-0.4, -0.2) is 48.3 Å². The van der Waals surface area contributed by atoms with Crippen molar-refractivity contribution in [2.24, 2.45) is 17.8 Å². The van der Waals surface area contributed by atoms with Gasteiger partial charge in [0, 0.05) is 5.69 Å². The molecule has 0 radical (unpaired) electrons. The monoisotopic (exact) mass is 462 g/mol. The summed E-state index contributed by atoms with van der Waals surface area (Å²) >= 11 is 6.05. The van der Waals surface area contributed by atoms with Crippen molar-refractivity contribution in [1.29, 1.82) is 0 Å². The van der Waals surface area contributed by atoms with Gasteiger partial charge in [-0.2, -0.15) is 0 Å². The zero-order chi connectivity index (χ0) is 23.4. The minimum atomic E-state index is -1.05. The van der Waals surface area contributed by atoms with Gasteiger partial charge in [-0.25, -0.2) is 4.79 Å². The molecule has 1 fully saturated rings. The van der Waals surface area contributed by atoms with Crippen molar-refractivity contribution in [1.82, 2.24) is 4.90 Å². The molecule has 1 aromatic carbocycles. The second-order valence-corrected chi connectivity index (χ2v) is 8.76. The van der Waals surface area contributed by atoms with Gasteiger partial charge in [-0.3, -0.25) is 19.3 Å². The number of anilines is 1. The highest BCUT2D eigenvalue weighted by Crippen LogP contribution is 2.37. The van der Waals surface area contributed by atoms with Crippen LogP contribution in [0.3, 0.4) is 0 Å². The number of hydrogen-bond donors (Lipinski definition) is 1. The molecule has 0 spiro atoms. The minimum Gasteiger partial charge on any atom is -0.495 e. The number of likely N-dealkylation sites (tertiary alicyclic amines) is 1. The Hall–Kier alpha value is -2.87. The van der Waals surface area contributed by atoms with E-state index in [0.29, 0.717) is 29.3 Å². The van der Waals surface area contributed by atoms with Crippen LogP contribution in [0.25, 0.3) is 0 Å². The topological polar surface area (TPSA) is 102 Å². The number of allylic oxidation sites excluding steroid dienone is 2. The van der Waals surface area contributed by atoms with Gasteiger partial charge in [-0.15, -0.1) is 0 Å². The summed E-state index contributed by atoms with van der Waals surface area (Å²) < 4.78 is 10.3. The van der Waals surface area contributed by atoms with Crippen molar-refractivity contribution >= 4 is 41.0 Å². The molecule has 0 bridgehead atoms. The van der Waals surface area contributed by atoms with E-state index < -0.39 is 36.4 Å². The molecule has 0 saturated carbocycles. The fourth-order valence-corrected chi connectivity index (χ4v) is 4.32. The molecule has 3 amide bonds. The van der Waals surface area contributed by atoms with E-state index in [1.165, 1.54) is 13.2 Å². The fraction of sp³-hybridized carbons (Fsp3) is 0.478. The van der Waals surface area contributed by atoms with Crippen LogP contribution in [0.4, 0.5) is 5.69 Å². The Morgan fingerprint density at radius 1 is 1.16 bits per heavy atom. The number of nitrogens with zero attached hydrogens (tertiary/aromatic N) is 1. The van der Waals surface area contributed by atoms with E-state index in [1.807, 2.05) is 26.0 Å². The van der Waals surface area contributed by atoms with Crippen molar-refractivity contribution in [3.05, 3.63) is 35.4 Å². The Labute approximate surface area is 191 Å². The number of carbonyl (C=O) groups is 4. The molecule has 172 valence electrons. The van der Waals surface area contributed by atoms with E-state index in [1.54, 1.807) is 12.1 Å². The molecule has 1 aliphatic heterocycles. The Balaban J connectivity index is 1.65. The predicted octanol–water partition coefficient (Wildman–Crippen LogP) is 3.20. The van der Waals surface area contributed by atoms with Crippen LogP contribution in [0.15, 0.2) is 30.4 Å². The van der Waals surface area contributed by atoms with E-state index in [4.69, 9.17) is 21.1 Å². The number of hydrogen-bond acceptors (Lipinski definition) is 6. The summed E-state index contributed by atoms with van der Waals surface area (Å²) in [6.45, 7) is 3.22. The standard InChI is InChI=1S/C23H27ClN2O6/c1-13(2)10-18(26-21(28)15-6-4-5-7-16(15)22(26)29)23(30)32-12-20(27)25-14-8-9-19(31-3)17(24)11-14/h4-5,8-9,11,13,15-16,18H,6-7,10,12H2,1-3H3,(H,25,27)/t15-,16+,18-/m0/s1. The number of rotatable bonds is 8. The summed E-state index contributed by atoms with van der Waals surface area (Å²) in [5.41, 5.74) is 0.414. The van der Waals surface area contributed by atoms with Crippen LogP contribution >= 0.6 is 11.6 Å². The lowest BCUT2D eigenvalue weighted by molar-refractivity contribution is -0.160. The zero-order valence-electron chi connectivity index (χ0n) is 18.3. The maximum atomic E-state index is 12.9. The van der Waals surface area contributed by atoms with Crippen molar-refractivity contribution in [3.63, 3.8) is 0 Å². The van der Waals surface area contributed by atoms with Gasteiger partial charge >= 0.3 is 5.97 Å². The van der Waals surface area contributed by atoms with Gasteiger partial charge in [0.15, 0.2) is 6.61 Å². The smallest absolute Gasteiger partial charge is 0.329 e. The predicted molar refractivity (Wildman–Crippen MR) is 118 cm³/mol. The van der Waals surface area contributed by atoms with Crippen LogP contribution in [0.2, 0.25) is 5.02 Å². The number of benzene rings is 1. The first-order chi connectivity index (χ1) is 15.2. The number of ether oxygens (including phenoxy) is 2. The first-order valence-corrected chi connectivity index (χ1v) is 10.9. The third-order valence-corrected chi connectivity index (χ3v) is 5.90. The number of nitrogens with one attached hydrogen (secondary N) is 1. The second kappa shape index (κ2) is 10.2. The summed E-state index contributed by atoms with van der Waals surface area (Å²) in [5, 5.41) is 2.91. The number of methoxy groups -OCH3 is 1. The highest BCUT2D eigenvalue weighted by atomic mass is 35.5. The van der Waals surface area contributed by atoms with Crippen LogP contribution in [0, 0.1) is 17.8 Å². The molecule has 0 aromatic heterocycles. The van der Waals surface area contributed by atoms with E-state index in [0.717, 1.165) is 4.90 Å². The number of fused-ring (bicyclic) bond motifs is 1. The van der Waals surface area contributed by atoms with E-state index in [9.17, 15) is 19.2 Å². The molecule has 0 unspecified atom stereocenters. The first kappa shape index (κ1) is 23.8. The minimum absolute atomic E-state index is 0.0316. The summed E-state index contributed by atoms with van der Waals surface area (Å²) in [5.74, 6) is -2.40. The van der Waals surface area contributed by atoms with Crippen LogP contribution < -0.4 is 10.1 Å². The molecule has 9 heteroatoms. The quantitative estimate of drug-likeness (QED) is 0.361. The average molecular weight is 463 g/mol. The molecule has 1 N–H and O–H groups in total. The van der Waals surface area contributed by atoms with Gasteiger partial charge in [0.05, 0.1) is 24.0 Å². The molecule has 2 aliphatic rings. The zero-order valence-corrected chi connectivity index (χ0v) is 19.1. The van der Waals surface area contributed by atoms with Crippen LogP contribution in [-0.2, 0) is 23.9 Å². The van der Waals surface area contributed by atoms with E-state index in [-0.39, 0.29) is 24.2 Å². The summed E-state index contributed by atoms with van der Waals surface area (Å²) in [6.07, 6.45) is 5.02. The molecule has 8 nitrogen and oxygen atoms in total. The van der Waals surface area contributed by atoms with Gasteiger partial charge in [0.1, 0.15) is 11.8 Å². The van der Waals surface area contributed by atoms with Crippen molar-refractivity contribution in [3.8, 4) is 5.75 Å². The maximum Gasteiger partial charge on any atom is 0.329 e. The lowest BCUT2D eigenvalue weighted by atomic mass is 9.85. The highest BCUT2D eigenvalue weighted by Gasteiger charge is 2.51. The highest BCUT2D eigenvalue weighted by molar-refractivity contribution is 6.32. The number of carbonyl (C=O) groups excluding carboxylic acids is 4. The Kier molecular flexibility index (Phi) is 7.56. The SMILES string of the molecule is COc1ccc(NC(=O)COC(=O)[C@H](CC(C)C)N2C(=O)[C@H]3CC=CC[C@H]3C2=O)cc1Cl. The normalized spacial score (nSPS) is 20.8. The van der Waals surface area contributed by atoms with Gasteiger partial charge in [-0.05, 0) is 43.4 Å². The largest absolute Gasteiger partial charge is 0.495 e. The van der Waals surface area contributed by atoms with Crippen LogP contribution in [0.1, 0.15) is 33.1 Å². The van der Waals surface area contributed by atoms with Gasteiger partial charge in [0.25, 0.3) is 5.91 Å². The third kappa shape index (κ3) is 5.12. The second-order valence-electron chi connectivity index (χ2n) is 8.35. The molecule has 1 aliphatic carbocycles. The molecule has 1 heterocycles. The third-order valence-electron chi connectivity index (χ3n) is 5.60. The molecule has 1 aromatic rings. The van der Waals surface area contributed by atoms with Gasteiger partial charge in [0.2, 0.25) is 11.8 Å². The number of imide groups is 1. The van der Waals surface area contributed by atoms with Crippen LogP contribution in [0.5, 0.6) is 5.75 Å². The first-order valence-electron chi connectivity index (χ1n) is 10.5. The molecular weight excluding hydrogens is 436 g/mol. The maximum absolute atomic E-state index is 12.9. The molecule has 3 atom stereocenters. The van der Waals surface area contributed by atoms with Crippen molar-refractivity contribution in [2.75, 3.05) is 19.0 Å². The Morgan fingerprint density at radius 3 is 2.31 bits per heavy atom. The van der Waals surface area contributed by atoms with Gasteiger partial charge in [-0.1, -0.05) is 37.6 Å². The fourth-order valence-electron chi connectivity index (χ4n) is 4.06.